The minimum absolute atomic E-state index is 0. The predicted octanol–water partition coefficient (Wildman–Crippen LogP) is 2.89. The van der Waals surface area contributed by atoms with Gasteiger partial charge in [-0.3, -0.25) is 4.79 Å². The van der Waals surface area contributed by atoms with Crippen LogP contribution < -0.4 is 10.6 Å². The molecule has 1 saturated heterocycles. The van der Waals surface area contributed by atoms with Crippen molar-refractivity contribution < 1.29 is 18.0 Å². The smallest absolute Gasteiger partial charge is 0.356 e. The zero-order valence-corrected chi connectivity index (χ0v) is 12.9. The van der Waals surface area contributed by atoms with Crippen LogP contribution in [0.1, 0.15) is 38.5 Å². The Labute approximate surface area is 129 Å². The van der Waals surface area contributed by atoms with Crippen molar-refractivity contribution in [1.29, 1.82) is 0 Å². The van der Waals surface area contributed by atoms with Crippen LogP contribution >= 0.6 is 12.4 Å². The summed E-state index contributed by atoms with van der Waals surface area (Å²) in [7, 11) is 0. The first-order chi connectivity index (χ1) is 9.48. The second-order valence-corrected chi connectivity index (χ2v) is 5.98. The number of hydrogen-bond acceptors (Lipinski definition) is 2. The van der Waals surface area contributed by atoms with Gasteiger partial charge in [-0.05, 0) is 44.7 Å². The number of amides is 1. The number of rotatable bonds is 4. The van der Waals surface area contributed by atoms with Gasteiger partial charge in [-0.15, -0.1) is 12.4 Å². The third kappa shape index (κ3) is 5.33. The Morgan fingerprint density at radius 3 is 2.52 bits per heavy atom. The van der Waals surface area contributed by atoms with Crippen molar-refractivity contribution in [2.75, 3.05) is 19.6 Å². The lowest BCUT2D eigenvalue weighted by Crippen LogP contribution is -2.43. The molecule has 1 saturated carbocycles. The lowest BCUT2D eigenvalue weighted by atomic mass is 9.78. The first-order valence-corrected chi connectivity index (χ1v) is 7.53. The Morgan fingerprint density at radius 2 is 1.90 bits per heavy atom. The topological polar surface area (TPSA) is 41.1 Å². The number of halogens is 4. The maximum atomic E-state index is 12.9. The third-order valence-corrected chi connectivity index (χ3v) is 4.54. The van der Waals surface area contributed by atoms with E-state index in [0.717, 1.165) is 32.4 Å². The summed E-state index contributed by atoms with van der Waals surface area (Å²) in [5.74, 6) is -2.20. The average molecular weight is 329 g/mol. The summed E-state index contributed by atoms with van der Waals surface area (Å²) in [4.78, 5) is 12.0. The highest BCUT2D eigenvalue weighted by atomic mass is 35.5. The van der Waals surface area contributed by atoms with Gasteiger partial charge in [0.1, 0.15) is 0 Å². The van der Waals surface area contributed by atoms with Gasteiger partial charge in [0.15, 0.2) is 0 Å². The Morgan fingerprint density at radius 1 is 1.19 bits per heavy atom. The Bertz CT molecular complexity index is 333. The highest BCUT2D eigenvalue weighted by molar-refractivity contribution is 5.85. The van der Waals surface area contributed by atoms with E-state index in [-0.39, 0.29) is 18.8 Å². The fraction of sp³-hybridized carbons (Fsp3) is 0.929. The van der Waals surface area contributed by atoms with Gasteiger partial charge in [0.2, 0.25) is 5.91 Å². The van der Waals surface area contributed by atoms with Gasteiger partial charge >= 0.3 is 6.18 Å². The van der Waals surface area contributed by atoms with Crippen molar-refractivity contribution in [2.45, 2.75) is 44.7 Å². The SMILES string of the molecule is Cl.O=C(NCCC1CCNC1)C1CCCCC1C(F)(F)F. The standard InChI is InChI=1S/C14H23F3N2O.ClH/c15-14(16,17)12-4-2-1-3-11(12)13(20)19-8-6-10-5-7-18-9-10;/h10-12,18H,1-9H2,(H,19,20);1H. The molecule has 1 aliphatic heterocycles. The monoisotopic (exact) mass is 328 g/mol. The molecular formula is C14H24ClF3N2O. The zero-order valence-electron chi connectivity index (χ0n) is 12.0. The van der Waals surface area contributed by atoms with Crippen LogP contribution in [-0.2, 0) is 4.79 Å². The van der Waals surface area contributed by atoms with E-state index in [2.05, 4.69) is 10.6 Å². The van der Waals surface area contributed by atoms with E-state index in [4.69, 9.17) is 0 Å². The molecule has 1 aliphatic carbocycles. The van der Waals surface area contributed by atoms with Crippen molar-refractivity contribution in [1.82, 2.24) is 10.6 Å². The lowest BCUT2D eigenvalue weighted by molar-refractivity contribution is -0.198. The molecule has 3 nitrogen and oxygen atoms in total. The molecular weight excluding hydrogens is 305 g/mol. The molecule has 3 unspecified atom stereocenters. The summed E-state index contributed by atoms with van der Waals surface area (Å²) >= 11 is 0. The molecule has 1 amide bonds. The number of carbonyl (C=O) groups is 1. The fourth-order valence-electron chi connectivity index (χ4n) is 3.33. The normalized spacial score (nSPS) is 29.8. The van der Waals surface area contributed by atoms with Crippen LogP contribution in [0, 0.1) is 17.8 Å². The van der Waals surface area contributed by atoms with Gasteiger partial charge in [-0.2, -0.15) is 13.2 Å². The molecule has 2 aliphatic rings. The van der Waals surface area contributed by atoms with Gasteiger partial charge in [0, 0.05) is 12.5 Å². The van der Waals surface area contributed by atoms with Crippen molar-refractivity contribution in [3.8, 4) is 0 Å². The summed E-state index contributed by atoms with van der Waals surface area (Å²) in [5.41, 5.74) is 0. The molecule has 2 N–H and O–H groups in total. The fourth-order valence-corrected chi connectivity index (χ4v) is 3.33. The highest BCUT2D eigenvalue weighted by Gasteiger charge is 2.47. The predicted molar refractivity (Wildman–Crippen MR) is 77.4 cm³/mol. The maximum absolute atomic E-state index is 12.9. The summed E-state index contributed by atoms with van der Waals surface area (Å²) in [6.45, 7) is 2.44. The van der Waals surface area contributed by atoms with Crippen LogP contribution in [0.15, 0.2) is 0 Å². The molecule has 0 aromatic rings. The van der Waals surface area contributed by atoms with Gasteiger partial charge in [0.05, 0.1) is 5.92 Å². The minimum atomic E-state index is -4.25. The number of carbonyl (C=O) groups excluding carboxylic acids is 1. The number of nitrogens with one attached hydrogen (secondary N) is 2. The molecule has 0 bridgehead atoms. The van der Waals surface area contributed by atoms with Crippen molar-refractivity contribution in [3.05, 3.63) is 0 Å². The minimum Gasteiger partial charge on any atom is -0.356 e. The molecule has 0 radical (unpaired) electrons. The molecule has 0 aromatic heterocycles. The molecule has 1 heterocycles. The van der Waals surface area contributed by atoms with E-state index in [1.54, 1.807) is 0 Å². The first-order valence-electron chi connectivity index (χ1n) is 7.53. The van der Waals surface area contributed by atoms with Crippen LogP contribution in [0.3, 0.4) is 0 Å². The lowest BCUT2D eigenvalue weighted by Gasteiger charge is -2.32. The van der Waals surface area contributed by atoms with Gasteiger partial charge in [-0.1, -0.05) is 12.8 Å². The Kier molecular flexibility index (Phi) is 7.27. The van der Waals surface area contributed by atoms with E-state index in [0.29, 0.717) is 25.3 Å². The molecule has 7 heteroatoms. The number of alkyl halides is 3. The highest BCUT2D eigenvalue weighted by Crippen LogP contribution is 2.41. The molecule has 3 atom stereocenters. The molecule has 2 rings (SSSR count). The van der Waals surface area contributed by atoms with Gasteiger partial charge in [-0.25, -0.2) is 0 Å². The Balaban J connectivity index is 0.00000220. The summed E-state index contributed by atoms with van der Waals surface area (Å²) in [6.07, 6.45) is -0.571. The van der Waals surface area contributed by atoms with Crippen LogP contribution in [0.4, 0.5) is 13.2 Å². The van der Waals surface area contributed by atoms with Gasteiger partial charge < -0.3 is 10.6 Å². The molecule has 0 aromatic carbocycles. The summed E-state index contributed by atoms with van der Waals surface area (Å²) in [6, 6.07) is 0. The van der Waals surface area contributed by atoms with Crippen molar-refractivity contribution in [3.63, 3.8) is 0 Å². The molecule has 2 fully saturated rings. The second kappa shape index (κ2) is 8.22. The van der Waals surface area contributed by atoms with E-state index in [9.17, 15) is 18.0 Å². The van der Waals surface area contributed by atoms with Crippen molar-refractivity contribution in [2.24, 2.45) is 17.8 Å². The average Bonchev–Trinajstić information content (AvgIpc) is 2.91. The van der Waals surface area contributed by atoms with Crippen LogP contribution in [0.25, 0.3) is 0 Å². The van der Waals surface area contributed by atoms with E-state index in [1.165, 1.54) is 0 Å². The summed E-state index contributed by atoms with van der Waals surface area (Å²) < 4.78 is 38.8. The summed E-state index contributed by atoms with van der Waals surface area (Å²) in [5, 5.41) is 5.95. The van der Waals surface area contributed by atoms with E-state index >= 15 is 0 Å². The third-order valence-electron chi connectivity index (χ3n) is 4.54. The molecule has 124 valence electrons. The molecule has 0 spiro atoms. The zero-order chi connectivity index (χ0) is 14.6. The van der Waals surface area contributed by atoms with E-state index in [1.807, 2.05) is 0 Å². The second-order valence-electron chi connectivity index (χ2n) is 5.98. The largest absolute Gasteiger partial charge is 0.392 e. The maximum Gasteiger partial charge on any atom is 0.392 e. The quantitative estimate of drug-likeness (QED) is 0.833. The van der Waals surface area contributed by atoms with Gasteiger partial charge in [0.25, 0.3) is 0 Å². The first kappa shape index (κ1) is 18.6. The Hall–Kier alpha value is -0.490. The van der Waals surface area contributed by atoms with Crippen LogP contribution in [0.5, 0.6) is 0 Å². The van der Waals surface area contributed by atoms with E-state index < -0.39 is 23.9 Å². The molecule has 21 heavy (non-hydrogen) atoms. The van der Waals surface area contributed by atoms with Crippen molar-refractivity contribution >= 4 is 18.3 Å². The van der Waals surface area contributed by atoms with Crippen LogP contribution in [-0.4, -0.2) is 31.7 Å². The van der Waals surface area contributed by atoms with Crippen LogP contribution in [0.2, 0.25) is 0 Å². The number of hydrogen-bond donors (Lipinski definition) is 2.